The monoisotopic (exact) mass is 447 g/mol. The summed E-state index contributed by atoms with van der Waals surface area (Å²) in [7, 11) is 0. The van der Waals surface area contributed by atoms with Crippen LogP contribution in [-0.4, -0.2) is 30.9 Å². The number of anilines is 2. The van der Waals surface area contributed by atoms with Gasteiger partial charge in [0.05, 0.1) is 5.69 Å². The Morgan fingerprint density at radius 1 is 1.18 bits per heavy atom. The number of aromatic nitrogens is 5. The lowest BCUT2D eigenvalue weighted by molar-refractivity contribution is 0.214. The smallest absolute Gasteiger partial charge is 0.278 e. The SMILES string of the molecule is CCn1c(=O)c2cnc(Nc3ccc4c(c3)CCNC4)nc2n1-c1cccc(C(C)(C)F)n1. The van der Waals surface area contributed by atoms with E-state index in [2.05, 4.69) is 37.7 Å². The van der Waals surface area contributed by atoms with Gasteiger partial charge in [-0.3, -0.25) is 4.79 Å². The standard InChI is InChI=1S/C24H26FN7O/c1-4-31-22(33)18-14-27-23(28-17-9-8-16-13-26-11-10-15(16)12-17)30-21(18)32(31)20-7-5-6-19(29-20)24(2,3)25/h5-9,12,14,26H,4,10-11,13H2,1-3H3,(H,27,28,30). The van der Waals surface area contributed by atoms with Crippen LogP contribution in [0.3, 0.4) is 0 Å². The Labute approximate surface area is 190 Å². The maximum atomic E-state index is 14.6. The van der Waals surface area contributed by atoms with Gasteiger partial charge in [0.1, 0.15) is 11.1 Å². The molecule has 0 bridgehead atoms. The van der Waals surface area contributed by atoms with E-state index in [4.69, 9.17) is 0 Å². The zero-order valence-corrected chi connectivity index (χ0v) is 18.9. The topological polar surface area (TPSA) is 89.7 Å². The summed E-state index contributed by atoms with van der Waals surface area (Å²) in [5.41, 5.74) is 2.35. The quantitative estimate of drug-likeness (QED) is 0.486. The Bertz CT molecular complexity index is 1400. The van der Waals surface area contributed by atoms with Gasteiger partial charge in [0.2, 0.25) is 5.95 Å². The van der Waals surface area contributed by atoms with Crippen LogP contribution in [-0.2, 0) is 25.2 Å². The van der Waals surface area contributed by atoms with Crippen molar-refractivity contribution in [2.45, 2.75) is 46.0 Å². The molecule has 33 heavy (non-hydrogen) atoms. The van der Waals surface area contributed by atoms with E-state index in [-0.39, 0.29) is 11.3 Å². The van der Waals surface area contributed by atoms with Crippen LogP contribution in [0, 0.1) is 0 Å². The molecule has 0 saturated heterocycles. The summed E-state index contributed by atoms with van der Waals surface area (Å²) in [5, 5.41) is 7.01. The van der Waals surface area contributed by atoms with Crippen LogP contribution in [0.25, 0.3) is 16.9 Å². The lowest BCUT2D eigenvalue weighted by Crippen LogP contribution is -2.23. The zero-order chi connectivity index (χ0) is 23.2. The Kier molecular flexibility index (Phi) is 5.20. The van der Waals surface area contributed by atoms with Crippen molar-refractivity contribution >= 4 is 22.7 Å². The molecule has 0 atom stereocenters. The van der Waals surface area contributed by atoms with Gasteiger partial charge in [-0.15, -0.1) is 0 Å². The molecule has 0 aliphatic carbocycles. The van der Waals surface area contributed by atoms with E-state index < -0.39 is 5.67 Å². The van der Waals surface area contributed by atoms with Crippen molar-refractivity contribution < 1.29 is 4.39 Å². The number of benzene rings is 1. The Morgan fingerprint density at radius 3 is 2.82 bits per heavy atom. The molecular weight excluding hydrogens is 421 g/mol. The first-order valence-electron chi connectivity index (χ1n) is 11.1. The summed E-state index contributed by atoms with van der Waals surface area (Å²) < 4.78 is 17.7. The van der Waals surface area contributed by atoms with Gasteiger partial charge in [-0.05, 0) is 69.1 Å². The Balaban J connectivity index is 1.60. The highest BCUT2D eigenvalue weighted by Crippen LogP contribution is 2.25. The van der Waals surface area contributed by atoms with Crippen LogP contribution in [0.4, 0.5) is 16.0 Å². The van der Waals surface area contributed by atoms with Crippen molar-refractivity contribution in [1.82, 2.24) is 29.6 Å². The first-order valence-corrected chi connectivity index (χ1v) is 11.1. The molecule has 9 heteroatoms. The van der Waals surface area contributed by atoms with Gasteiger partial charge in [-0.2, -0.15) is 4.98 Å². The fourth-order valence-electron chi connectivity index (χ4n) is 4.16. The minimum Gasteiger partial charge on any atom is -0.324 e. The number of pyridine rings is 1. The molecule has 0 spiro atoms. The molecule has 0 amide bonds. The van der Waals surface area contributed by atoms with Crippen molar-refractivity contribution in [2.75, 3.05) is 11.9 Å². The van der Waals surface area contributed by atoms with Gasteiger partial charge in [0, 0.05) is 25.0 Å². The molecule has 1 aliphatic rings. The van der Waals surface area contributed by atoms with Gasteiger partial charge < -0.3 is 10.6 Å². The van der Waals surface area contributed by atoms with Gasteiger partial charge in [-0.25, -0.2) is 23.7 Å². The van der Waals surface area contributed by atoms with Gasteiger partial charge in [0.25, 0.3) is 5.56 Å². The normalized spacial score (nSPS) is 13.8. The molecule has 8 nitrogen and oxygen atoms in total. The molecule has 4 heterocycles. The van der Waals surface area contributed by atoms with Crippen molar-refractivity contribution in [1.29, 1.82) is 0 Å². The number of nitrogens with one attached hydrogen (secondary N) is 2. The van der Waals surface area contributed by atoms with E-state index in [0.717, 1.165) is 25.2 Å². The number of hydrogen-bond acceptors (Lipinski definition) is 6. The second kappa shape index (κ2) is 8.08. The second-order valence-electron chi connectivity index (χ2n) is 8.65. The first kappa shape index (κ1) is 21.3. The van der Waals surface area contributed by atoms with Gasteiger partial charge >= 0.3 is 0 Å². The van der Waals surface area contributed by atoms with Gasteiger partial charge in [-0.1, -0.05) is 12.1 Å². The number of halogens is 1. The van der Waals surface area contributed by atoms with E-state index in [1.807, 2.05) is 13.0 Å². The van der Waals surface area contributed by atoms with Crippen LogP contribution in [0.5, 0.6) is 0 Å². The van der Waals surface area contributed by atoms with Crippen molar-refractivity contribution in [3.05, 3.63) is 69.8 Å². The highest BCUT2D eigenvalue weighted by molar-refractivity contribution is 5.77. The lowest BCUT2D eigenvalue weighted by Gasteiger charge is -2.18. The van der Waals surface area contributed by atoms with Crippen LogP contribution in [0.2, 0.25) is 0 Å². The molecule has 0 unspecified atom stereocenters. The molecule has 5 rings (SSSR count). The summed E-state index contributed by atoms with van der Waals surface area (Å²) in [4.78, 5) is 26.5. The molecule has 1 aromatic carbocycles. The number of nitrogens with zero attached hydrogens (tertiary/aromatic N) is 5. The summed E-state index contributed by atoms with van der Waals surface area (Å²) >= 11 is 0. The summed E-state index contributed by atoms with van der Waals surface area (Å²) in [5.74, 6) is 0.804. The van der Waals surface area contributed by atoms with Gasteiger partial charge in [0.15, 0.2) is 11.5 Å². The van der Waals surface area contributed by atoms with Crippen LogP contribution >= 0.6 is 0 Å². The molecule has 2 N–H and O–H groups in total. The average molecular weight is 448 g/mol. The maximum Gasteiger partial charge on any atom is 0.278 e. The largest absolute Gasteiger partial charge is 0.324 e. The lowest BCUT2D eigenvalue weighted by atomic mass is 10.0. The third-order valence-corrected chi connectivity index (χ3v) is 5.88. The van der Waals surface area contributed by atoms with Crippen molar-refractivity contribution in [3.63, 3.8) is 0 Å². The molecule has 0 radical (unpaired) electrons. The molecular formula is C24H26FN7O. The summed E-state index contributed by atoms with van der Waals surface area (Å²) in [6, 6.07) is 11.3. The summed E-state index contributed by atoms with van der Waals surface area (Å²) in [6.07, 6.45) is 2.50. The van der Waals surface area contributed by atoms with Crippen LogP contribution in [0.1, 0.15) is 37.6 Å². The number of fused-ring (bicyclic) bond motifs is 2. The van der Waals surface area contributed by atoms with Crippen LogP contribution < -0.4 is 16.2 Å². The van der Waals surface area contributed by atoms with Crippen molar-refractivity contribution in [2.24, 2.45) is 0 Å². The first-order chi connectivity index (χ1) is 15.8. The third kappa shape index (κ3) is 3.89. The third-order valence-electron chi connectivity index (χ3n) is 5.88. The Morgan fingerprint density at radius 2 is 2.03 bits per heavy atom. The van der Waals surface area contributed by atoms with E-state index in [9.17, 15) is 9.18 Å². The fourth-order valence-corrected chi connectivity index (χ4v) is 4.16. The number of alkyl halides is 1. The molecule has 1 aliphatic heterocycles. The predicted molar refractivity (Wildman–Crippen MR) is 126 cm³/mol. The molecule has 0 fully saturated rings. The molecule has 170 valence electrons. The highest BCUT2D eigenvalue weighted by atomic mass is 19.1. The highest BCUT2D eigenvalue weighted by Gasteiger charge is 2.23. The zero-order valence-electron chi connectivity index (χ0n) is 18.9. The molecule has 3 aromatic heterocycles. The predicted octanol–water partition coefficient (Wildman–Crippen LogP) is 3.59. The van der Waals surface area contributed by atoms with Crippen LogP contribution in [0.15, 0.2) is 47.4 Å². The minimum atomic E-state index is -1.61. The maximum absolute atomic E-state index is 14.6. The fraction of sp³-hybridized carbons (Fsp3) is 0.333. The molecule has 4 aromatic rings. The average Bonchev–Trinajstić information content (AvgIpc) is 3.09. The van der Waals surface area contributed by atoms with E-state index in [0.29, 0.717) is 29.3 Å². The Hall–Kier alpha value is -3.59. The number of rotatable bonds is 5. The number of hydrogen-bond donors (Lipinski definition) is 2. The minimum absolute atomic E-state index is 0.216. The van der Waals surface area contributed by atoms with E-state index >= 15 is 0 Å². The van der Waals surface area contributed by atoms with E-state index in [1.54, 1.807) is 22.9 Å². The second-order valence-corrected chi connectivity index (χ2v) is 8.65. The van der Waals surface area contributed by atoms with Crippen molar-refractivity contribution in [3.8, 4) is 5.82 Å². The molecule has 0 saturated carbocycles. The summed E-state index contributed by atoms with van der Waals surface area (Å²) in [6.45, 7) is 7.02. The van der Waals surface area contributed by atoms with E-state index in [1.165, 1.54) is 35.9 Å².